The fourth-order valence-corrected chi connectivity index (χ4v) is 1.39. The molecule has 0 spiro atoms. The zero-order valence-corrected chi connectivity index (χ0v) is 7.90. The molecule has 0 radical (unpaired) electrons. The molecule has 5 nitrogen and oxygen atoms in total. The Morgan fingerprint density at radius 3 is 3.00 bits per heavy atom. The zero-order valence-electron chi connectivity index (χ0n) is 7.90. The topological polar surface area (TPSA) is 86.2 Å². The highest BCUT2D eigenvalue weighted by Crippen LogP contribution is 2.17. The zero-order chi connectivity index (χ0) is 10.8. The molecular weight excluding hydrogens is 196 g/mol. The van der Waals surface area contributed by atoms with Crippen molar-refractivity contribution in [1.29, 1.82) is 0 Å². The molecule has 1 aromatic heterocycles. The maximum absolute atomic E-state index is 10.4. The molecule has 0 saturated carbocycles. The van der Waals surface area contributed by atoms with Gasteiger partial charge in [0.2, 0.25) is 0 Å². The maximum Gasteiger partial charge on any atom is 0.303 e. The number of aromatic hydroxyl groups is 1. The van der Waals surface area contributed by atoms with E-state index in [9.17, 15) is 9.90 Å². The van der Waals surface area contributed by atoms with Gasteiger partial charge in [-0.1, -0.05) is 0 Å². The van der Waals surface area contributed by atoms with Gasteiger partial charge in [-0.05, 0) is 12.1 Å². The van der Waals surface area contributed by atoms with Crippen molar-refractivity contribution < 1.29 is 15.0 Å². The van der Waals surface area contributed by atoms with E-state index in [0.29, 0.717) is 12.2 Å². The number of carboxylic acids is 1. The highest BCUT2D eigenvalue weighted by molar-refractivity contribution is 5.76. The molecule has 0 amide bonds. The Hall–Kier alpha value is -2.04. The van der Waals surface area contributed by atoms with Crippen LogP contribution < -0.4 is 0 Å². The van der Waals surface area contributed by atoms with Crippen molar-refractivity contribution >= 4 is 17.0 Å². The lowest BCUT2D eigenvalue weighted by Gasteiger charge is -1.90. The van der Waals surface area contributed by atoms with Crippen LogP contribution in [0.3, 0.4) is 0 Å². The van der Waals surface area contributed by atoms with Gasteiger partial charge in [0.25, 0.3) is 0 Å². The summed E-state index contributed by atoms with van der Waals surface area (Å²) in [6.45, 7) is 0. The Morgan fingerprint density at radius 1 is 1.47 bits per heavy atom. The van der Waals surface area contributed by atoms with E-state index in [1.807, 2.05) is 0 Å². The van der Waals surface area contributed by atoms with E-state index >= 15 is 0 Å². The largest absolute Gasteiger partial charge is 0.508 e. The number of aliphatic carboxylic acids is 1. The van der Waals surface area contributed by atoms with E-state index in [-0.39, 0.29) is 12.2 Å². The Balaban J connectivity index is 2.27. The number of aryl methyl sites for hydroxylation is 1. The first kappa shape index (κ1) is 9.51. The second kappa shape index (κ2) is 3.61. The summed E-state index contributed by atoms with van der Waals surface area (Å²) in [5, 5.41) is 17.7. The minimum Gasteiger partial charge on any atom is -0.508 e. The number of aromatic nitrogens is 2. The van der Waals surface area contributed by atoms with Crippen LogP contribution in [0.2, 0.25) is 0 Å². The standard InChI is InChI=1S/C10H10N2O3/c13-6-1-2-7-8(5-6)12-9(11-7)3-4-10(14)15/h1-2,5,13H,3-4H2,(H,11,12)(H,14,15). The van der Waals surface area contributed by atoms with Crippen molar-refractivity contribution in [3.05, 3.63) is 24.0 Å². The number of H-pyrrole nitrogens is 1. The molecule has 0 bridgehead atoms. The number of phenols is 1. The summed E-state index contributed by atoms with van der Waals surface area (Å²) in [5.74, 6) is -0.0627. The number of benzene rings is 1. The third-order valence-electron chi connectivity index (χ3n) is 2.09. The van der Waals surface area contributed by atoms with Gasteiger partial charge in [0.1, 0.15) is 11.6 Å². The third-order valence-corrected chi connectivity index (χ3v) is 2.09. The molecule has 2 rings (SSSR count). The Bertz CT molecular complexity index is 504. The molecule has 78 valence electrons. The Labute approximate surface area is 85.4 Å². The van der Waals surface area contributed by atoms with Gasteiger partial charge in [0.15, 0.2) is 0 Å². The van der Waals surface area contributed by atoms with Crippen LogP contribution >= 0.6 is 0 Å². The molecule has 0 saturated heterocycles. The summed E-state index contributed by atoms with van der Waals surface area (Å²) in [4.78, 5) is 17.5. The monoisotopic (exact) mass is 206 g/mol. The fraction of sp³-hybridized carbons (Fsp3) is 0.200. The van der Waals surface area contributed by atoms with Crippen LogP contribution in [0.15, 0.2) is 18.2 Å². The van der Waals surface area contributed by atoms with Crippen molar-refractivity contribution in [2.75, 3.05) is 0 Å². The Morgan fingerprint density at radius 2 is 2.27 bits per heavy atom. The molecule has 0 unspecified atom stereocenters. The van der Waals surface area contributed by atoms with Gasteiger partial charge < -0.3 is 15.2 Å². The second-order valence-corrected chi connectivity index (χ2v) is 3.28. The van der Waals surface area contributed by atoms with Crippen molar-refractivity contribution in [1.82, 2.24) is 9.97 Å². The van der Waals surface area contributed by atoms with Crippen LogP contribution in [0.4, 0.5) is 0 Å². The number of fused-ring (bicyclic) bond motifs is 1. The lowest BCUT2D eigenvalue weighted by molar-refractivity contribution is -0.137. The first-order chi connectivity index (χ1) is 7.15. The SMILES string of the molecule is O=C(O)CCc1nc2ccc(O)cc2[nH]1. The molecule has 5 heteroatoms. The molecule has 1 aromatic carbocycles. The predicted octanol–water partition coefficient (Wildman–Crippen LogP) is 1.29. The van der Waals surface area contributed by atoms with Crippen LogP contribution in [-0.2, 0) is 11.2 Å². The number of imidazole rings is 1. The summed E-state index contributed by atoms with van der Waals surface area (Å²) in [5.41, 5.74) is 1.45. The van der Waals surface area contributed by atoms with E-state index in [4.69, 9.17) is 5.11 Å². The highest BCUT2D eigenvalue weighted by Gasteiger charge is 2.05. The smallest absolute Gasteiger partial charge is 0.303 e. The molecule has 0 aliphatic carbocycles. The first-order valence-corrected chi connectivity index (χ1v) is 4.54. The van der Waals surface area contributed by atoms with E-state index in [1.165, 1.54) is 0 Å². The van der Waals surface area contributed by atoms with Crippen molar-refractivity contribution in [3.63, 3.8) is 0 Å². The first-order valence-electron chi connectivity index (χ1n) is 4.54. The van der Waals surface area contributed by atoms with Gasteiger partial charge in [-0.15, -0.1) is 0 Å². The number of rotatable bonds is 3. The minimum atomic E-state index is -0.849. The summed E-state index contributed by atoms with van der Waals surface area (Å²) >= 11 is 0. The molecule has 0 aliphatic rings. The van der Waals surface area contributed by atoms with Gasteiger partial charge in [-0.3, -0.25) is 4.79 Å². The fourth-order valence-electron chi connectivity index (χ4n) is 1.39. The number of nitrogens with one attached hydrogen (secondary N) is 1. The predicted molar refractivity (Wildman–Crippen MR) is 53.7 cm³/mol. The van der Waals surface area contributed by atoms with E-state index in [2.05, 4.69) is 9.97 Å². The van der Waals surface area contributed by atoms with Gasteiger partial charge in [-0.25, -0.2) is 4.98 Å². The molecule has 0 atom stereocenters. The van der Waals surface area contributed by atoms with E-state index in [0.717, 1.165) is 11.0 Å². The molecule has 2 aromatic rings. The van der Waals surface area contributed by atoms with Crippen LogP contribution in [-0.4, -0.2) is 26.2 Å². The second-order valence-electron chi connectivity index (χ2n) is 3.28. The number of carboxylic acid groups (broad SMARTS) is 1. The molecule has 1 heterocycles. The van der Waals surface area contributed by atoms with Crippen LogP contribution in [0, 0.1) is 0 Å². The van der Waals surface area contributed by atoms with Crippen molar-refractivity contribution in [2.45, 2.75) is 12.8 Å². The van der Waals surface area contributed by atoms with Gasteiger partial charge in [-0.2, -0.15) is 0 Å². The summed E-state index contributed by atoms with van der Waals surface area (Å²) in [7, 11) is 0. The van der Waals surface area contributed by atoms with Gasteiger partial charge in [0, 0.05) is 12.5 Å². The quantitative estimate of drug-likeness (QED) is 0.706. The minimum absolute atomic E-state index is 0.0474. The number of hydrogen-bond acceptors (Lipinski definition) is 3. The number of carbonyl (C=O) groups is 1. The highest BCUT2D eigenvalue weighted by atomic mass is 16.4. The molecule has 15 heavy (non-hydrogen) atoms. The summed E-state index contributed by atoms with van der Waals surface area (Å²) in [6.07, 6.45) is 0.413. The van der Waals surface area contributed by atoms with Crippen molar-refractivity contribution in [2.24, 2.45) is 0 Å². The molecular formula is C10H10N2O3. The molecule has 0 fully saturated rings. The number of aromatic amines is 1. The third kappa shape index (κ3) is 2.07. The average Bonchev–Trinajstić information content (AvgIpc) is 2.56. The van der Waals surface area contributed by atoms with Gasteiger partial charge in [0.05, 0.1) is 17.5 Å². The Kier molecular flexibility index (Phi) is 2.29. The lowest BCUT2D eigenvalue weighted by Crippen LogP contribution is -1.98. The van der Waals surface area contributed by atoms with Crippen LogP contribution in [0.25, 0.3) is 11.0 Å². The molecule has 3 N–H and O–H groups in total. The van der Waals surface area contributed by atoms with Gasteiger partial charge >= 0.3 is 5.97 Å². The summed E-state index contributed by atoms with van der Waals surface area (Å²) in [6, 6.07) is 4.79. The molecule has 0 aliphatic heterocycles. The average molecular weight is 206 g/mol. The maximum atomic E-state index is 10.4. The summed E-state index contributed by atoms with van der Waals surface area (Å²) < 4.78 is 0. The number of hydrogen-bond donors (Lipinski definition) is 3. The van der Waals surface area contributed by atoms with E-state index in [1.54, 1.807) is 18.2 Å². The van der Waals surface area contributed by atoms with Crippen LogP contribution in [0.1, 0.15) is 12.2 Å². The van der Waals surface area contributed by atoms with Crippen molar-refractivity contribution in [3.8, 4) is 5.75 Å². The number of phenolic OH excluding ortho intramolecular Hbond substituents is 1. The number of nitrogens with zero attached hydrogens (tertiary/aromatic N) is 1. The lowest BCUT2D eigenvalue weighted by atomic mass is 10.3. The van der Waals surface area contributed by atoms with Crippen LogP contribution in [0.5, 0.6) is 5.75 Å². The van der Waals surface area contributed by atoms with E-state index < -0.39 is 5.97 Å². The normalized spacial score (nSPS) is 10.7.